The summed E-state index contributed by atoms with van der Waals surface area (Å²) in [6.45, 7) is 4.01. The molecular formula is C25H25F. The zero-order valence-electron chi connectivity index (χ0n) is 15.5. The standard InChI is InChI=1S/C25H25F/c1-3-4-5-20-8-13-23(14-9-20)24-15-10-21(11-16-24)6-7-22-12-17-25(26)19(2)18-22/h6-18H,3-5H2,1-2H3/b7-6+. The van der Waals surface area contributed by atoms with E-state index in [1.54, 1.807) is 13.0 Å². The molecule has 0 aromatic heterocycles. The number of aryl methyl sites for hydroxylation is 2. The zero-order valence-corrected chi connectivity index (χ0v) is 15.5. The smallest absolute Gasteiger partial charge is 0.126 e. The van der Waals surface area contributed by atoms with E-state index in [-0.39, 0.29) is 5.82 Å². The summed E-state index contributed by atoms with van der Waals surface area (Å²) >= 11 is 0. The van der Waals surface area contributed by atoms with Crippen LogP contribution < -0.4 is 0 Å². The largest absolute Gasteiger partial charge is 0.207 e. The molecule has 0 atom stereocenters. The summed E-state index contributed by atoms with van der Waals surface area (Å²) in [5.41, 5.74) is 6.69. The Balaban J connectivity index is 1.69. The first-order valence-corrected chi connectivity index (χ1v) is 9.29. The van der Waals surface area contributed by atoms with Crippen LogP contribution in [0.15, 0.2) is 66.7 Å². The van der Waals surface area contributed by atoms with Gasteiger partial charge in [0.05, 0.1) is 0 Å². The van der Waals surface area contributed by atoms with Crippen molar-refractivity contribution in [2.24, 2.45) is 0 Å². The minimum Gasteiger partial charge on any atom is -0.207 e. The molecule has 0 aliphatic heterocycles. The Morgan fingerprint density at radius 3 is 1.96 bits per heavy atom. The van der Waals surface area contributed by atoms with Gasteiger partial charge in [0.15, 0.2) is 0 Å². The van der Waals surface area contributed by atoms with Crippen LogP contribution in [0, 0.1) is 12.7 Å². The lowest BCUT2D eigenvalue weighted by Crippen LogP contribution is -1.85. The van der Waals surface area contributed by atoms with Gasteiger partial charge in [-0.15, -0.1) is 0 Å². The van der Waals surface area contributed by atoms with Gasteiger partial charge in [-0.3, -0.25) is 0 Å². The zero-order chi connectivity index (χ0) is 18.4. The molecule has 0 fully saturated rings. The number of hydrogen-bond donors (Lipinski definition) is 0. The average Bonchev–Trinajstić information content (AvgIpc) is 2.68. The van der Waals surface area contributed by atoms with Crippen LogP contribution in [0.4, 0.5) is 4.39 Å². The number of benzene rings is 3. The SMILES string of the molecule is CCCCc1ccc(-c2ccc(/C=C/c3ccc(F)c(C)c3)cc2)cc1. The molecule has 3 aromatic carbocycles. The van der Waals surface area contributed by atoms with Gasteiger partial charge in [-0.05, 0) is 65.3 Å². The first-order chi connectivity index (χ1) is 12.7. The average molecular weight is 344 g/mol. The van der Waals surface area contributed by atoms with Crippen LogP contribution in [-0.2, 0) is 6.42 Å². The van der Waals surface area contributed by atoms with Gasteiger partial charge >= 0.3 is 0 Å². The van der Waals surface area contributed by atoms with Gasteiger partial charge in [0.2, 0.25) is 0 Å². The Kier molecular flexibility index (Phi) is 6.01. The van der Waals surface area contributed by atoms with Crippen molar-refractivity contribution in [3.63, 3.8) is 0 Å². The fourth-order valence-electron chi connectivity index (χ4n) is 3.00. The number of rotatable bonds is 6. The van der Waals surface area contributed by atoms with E-state index in [4.69, 9.17) is 0 Å². The lowest BCUT2D eigenvalue weighted by molar-refractivity contribution is 0.618. The predicted octanol–water partition coefficient (Wildman–Crippen LogP) is 7.31. The van der Waals surface area contributed by atoms with E-state index < -0.39 is 0 Å². The maximum Gasteiger partial charge on any atom is 0.126 e. The summed E-state index contributed by atoms with van der Waals surface area (Å²) in [5, 5.41) is 0. The monoisotopic (exact) mass is 344 g/mol. The maximum absolute atomic E-state index is 13.3. The molecule has 0 aliphatic rings. The minimum absolute atomic E-state index is 0.160. The molecular weight excluding hydrogens is 319 g/mol. The van der Waals surface area contributed by atoms with Crippen molar-refractivity contribution in [2.45, 2.75) is 33.1 Å². The first-order valence-electron chi connectivity index (χ1n) is 9.29. The summed E-state index contributed by atoms with van der Waals surface area (Å²) in [6, 6.07) is 22.6. The van der Waals surface area contributed by atoms with Crippen molar-refractivity contribution in [1.29, 1.82) is 0 Å². The molecule has 0 aliphatic carbocycles. The topological polar surface area (TPSA) is 0 Å². The Bertz CT molecular complexity index is 871. The van der Waals surface area contributed by atoms with E-state index in [2.05, 4.69) is 61.5 Å². The highest BCUT2D eigenvalue weighted by Crippen LogP contribution is 2.22. The van der Waals surface area contributed by atoms with E-state index in [9.17, 15) is 4.39 Å². The number of halogens is 1. The normalized spacial score (nSPS) is 11.2. The van der Waals surface area contributed by atoms with Crippen LogP contribution >= 0.6 is 0 Å². The van der Waals surface area contributed by atoms with Crippen molar-refractivity contribution >= 4 is 12.2 Å². The van der Waals surface area contributed by atoms with Crippen LogP contribution in [0.5, 0.6) is 0 Å². The Morgan fingerprint density at radius 2 is 1.35 bits per heavy atom. The highest BCUT2D eigenvalue weighted by molar-refractivity contribution is 5.72. The van der Waals surface area contributed by atoms with Crippen LogP contribution in [0.3, 0.4) is 0 Å². The van der Waals surface area contributed by atoms with E-state index in [0.717, 1.165) is 17.5 Å². The quantitative estimate of drug-likeness (QED) is 0.411. The van der Waals surface area contributed by atoms with Gasteiger partial charge < -0.3 is 0 Å². The van der Waals surface area contributed by atoms with Crippen LogP contribution in [0.2, 0.25) is 0 Å². The highest BCUT2D eigenvalue weighted by atomic mass is 19.1. The molecule has 1 heteroatoms. The minimum atomic E-state index is -0.160. The van der Waals surface area contributed by atoms with Crippen LogP contribution in [0.1, 0.15) is 42.0 Å². The number of unbranched alkanes of at least 4 members (excludes halogenated alkanes) is 1. The lowest BCUT2D eigenvalue weighted by atomic mass is 10.0. The van der Waals surface area contributed by atoms with Gasteiger partial charge in [0.25, 0.3) is 0 Å². The molecule has 0 N–H and O–H groups in total. The summed E-state index contributed by atoms with van der Waals surface area (Å²) in [6.07, 6.45) is 7.71. The molecule has 0 unspecified atom stereocenters. The first kappa shape index (κ1) is 18.1. The highest BCUT2D eigenvalue weighted by Gasteiger charge is 1.99. The molecule has 132 valence electrons. The third kappa shape index (κ3) is 4.70. The molecule has 0 saturated heterocycles. The molecule has 3 rings (SSSR count). The second-order valence-corrected chi connectivity index (χ2v) is 6.76. The van der Waals surface area contributed by atoms with Gasteiger partial charge in [0, 0.05) is 0 Å². The van der Waals surface area contributed by atoms with Gasteiger partial charge in [0.1, 0.15) is 5.82 Å². The molecule has 0 nitrogen and oxygen atoms in total. The van der Waals surface area contributed by atoms with Crippen molar-refractivity contribution in [2.75, 3.05) is 0 Å². The van der Waals surface area contributed by atoms with Gasteiger partial charge in [-0.25, -0.2) is 4.39 Å². The van der Waals surface area contributed by atoms with Crippen LogP contribution in [-0.4, -0.2) is 0 Å². The fraction of sp³-hybridized carbons (Fsp3) is 0.200. The summed E-state index contributed by atoms with van der Waals surface area (Å²) in [4.78, 5) is 0. The molecule has 0 bridgehead atoms. The summed E-state index contributed by atoms with van der Waals surface area (Å²) < 4.78 is 13.3. The van der Waals surface area contributed by atoms with Crippen molar-refractivity contribution in [3.8, 4) is 11.1 Å². The van der Waals surface area contributed by atoms with Gasteiger partial charge in [-0.1, -0.05) is 80.1 Å². The molecule has 0 heterocycles. The molecule has 0 radical (unpaired) electrons. The maximum atomic E-state index is 13.3. The summed E-state index contributed by atoms with van der Waals surface area (Å²) in [7, 11) is 0. The van der Waals surface area contributed by atoms with E-state index in [1.807, 2.05) is 12.1 Å². The van der Waals surface area contributed by atoms with Crippen LogP contribution in [0.25, 0.3) is 23.3 Å². The molecule has 0 amide bonds. The van der Waals surface area contributed by atoms with E-state index in [0.29, 0.717) is 5.56 Å². The second-order valence-electron chi connectivity index (χ2n) is 6.76. The van der Waals surface area contributed by atoms with Crippen molar-refractivity contribution in [3.05, 3.63) is 94.8 Å². The number of hydrogen-bond acceptors (Lipinski definition) is 0. The van der Waals surface area contributed by atoms with Crippen molar-refractivity contribution in [1.82, 2.24) is 0 Å². The molecule has 0 saturated carbocycles. The predicted molar refractivity (Wildman–Crippen MR) is 111 cm³/mol. The lowest BCUT2D eigenvalue weighted by Gasteiger charge is -2.05. The Hall–Kier alpha value is -2.67. The summed E-state index contributed by atoms with van der Waals surface area (Å²) in [5.74, 6) is -0.160. The third-order valence-electron chi connectivity index (χ3n) is 4.67. The van der Waals surface area contributed by atoms with E-state index in [1.165, 1.54) is 35.6 Å². The van der Waals surface area contributed by atoms with E-state index >= 15 is 0 Å². The third-order valence-corrected chi connectivity index (χ3v) is 4.67. The fourth-order valence-corrected chi connectivity index (χ4v) is 3.00. The van der Waals surface area contributed by atoms with Gasteiger partial charge in [-0.2, -0.15) is 0 Å². The second kappa shape index (κ2) is 8.62. The molecule has 26 heavy (non-hydrogen) atoms. The Morgan fingerprint density at radius 1 is 0.769 bits per heavy atom. The molecule has 3 aromatic rings. The van der Waals surface area contributed by atoms with Crippen molar-refractivity contribution < 1.29 is 4.39 Å². The molecule has 0 spiro atoms. The Labute approximate surface area is 156 Å².